The number of hydrogen-bond acceptors (Lipinski definition) is 3. The van der Waals surface area contributed by atoms with E-state index in [1.165, 1.54) is 19.3 Å². The quantitative estimate of drug-likeness (QED) is 0.670. The lowest BCUT2D eigenvalue weighted by Gasteiger charge is -2.30. The van der Waals surface area contributed by atoms with E-state index in [0.717, 1.165) is 13.0 Å². The fraction of sp³-hybridized carbons (Fsp3) is 0.929. The Bertz CT molecular complexity index is 253. The van der Waals surface area contributed by atoms with Gasteiger partial charge in [-0.1, -0.05) is 13.3 Å². The summed E-state index contributed by atoms with van der Waals surface area (Å²) < 4.78 is 5.46. The average molecular weight is 241 g/mol. The predicted octanol–water partition coefficient (Wildman–Crippen LogP) is 2.98. The van der Waals surface area contributed by atoms with Crippen molar-refractivity contribution < 1.29 is 9.53 Å². The summed E-state index contributed by atoms with van der Waals surface area (Å²) in [5.41, 5.74) is -0.384. The second-order valence-electron chi connectivity index (χ2n) is 6.03. The molecule has 0 aromatic heterocycles. The maximum Gasteiger partial charge on any atom is 0.323 e. The summed E-state index contributed by atoms with van der Waals surface area (Å²) in [6, 6.07) is 0.511. The molecule has 0 spiro atoms. The molecule has 0 bridgehead atoms. The molecule has 3 nitrogen and oxygen atoms in total. The summed E-state index contributed by atoms with van der Waals surface area (Å²) in [6.45, 7) is 10.9. The Labute approximate surface area is 106 Å². The molecule has 1 atom stereocenters. The number of unbranched alkanes of at least 4 members (excludes halogenated alkanes) is 1. The van der Waals surface area contributed by atoms with E-state index in [1.807, 2.05) is 27.7 Å². The molecule has 0 saturated heterocycles. The van der Waals surface area contributed by atoms with Gasteiger partial charge in [0.25, 0.3) is 0 Å². The molecular weight excluding hydrogens is 214 g/mol. The van der Waals surface area contributed by atoms with Crippen molar-refractivity contribution in [1.29, 1.82) is 0 Å². The lowest BCUT2D eigenvalue weighted by Crippen LogP contribution is -2.44. The maximum atomic E-state index is 12.0. The highest BCUT2D eigenvalue weighted by atomic mass is 16.6. The number of hydrogen-bond donors (Lipinski definition) is 0. The van der Waals surface area contributed by atoms with Gasteiger partial charge in [-0.2, -0.15) is 0 Å². The maximum absolute atomic E-state index is 12.0. The van der Waals surface area contributed by atoms with Crippen LogP contribution in [0.3, 0.4) is 0 Å². The summed E-state index contributed by atoms with van der Waals surface area (Å²) in [5.74, 6) is -0.0829. The van der Waals surface area contributed by atoms with Crippen LogP contribution in [-0.4, -0.2) is 35.1 Å². The van der Waals surface area contributed by atoms with Crippen molar-refractivity contribution in [2.24, 2.45) is 0 Å². The Hall–Kier alpha value is -0.570. The average Bonchev–Trinajstić information content (AvgIpc) is 2.99. The van der Waals surface area contributed by atoms with Gasteiger partial charge in [-0.05, 0) is 53.5 Å². The molecule has 3 heteroatoms. The predicted molar refractivity (Wildman–Crippen MR) is 69.9 cm³/mol. The van der Waals surface area contributed by atoms with Gasteiger partial charge in [0.1, 0.15) is 11.6 Å². The number of ether oxygens (including phenoxy) is 1. The summed E-state index contributed by atoms with van der Waals surface area (Å²) in [6.07, 6.45) is 4.79. The van der Waals surface area contributed by atoms with Gasteiger partial charge >= 0.3 is 5.97 Å². The Balaban J connectivity index is 2.51. The van der Waals surface area contributed by atoms with E-state index in [-0.39, 0.29) is 17.6 Å². The van der Waals surface area contributed by atoms with Gasteiger partial charge < -0.3 is 4.74 Å². The van der Waals surface area contributed by atoms with E-state index in [2.05, 4.69) is 11.8 Å². The normalized spacial score (nSPS) is 18.2. The van der Waals surface area contributed by atoms with Crippen molar-refractivity contribution in [2.75, 3.05) is 6.54 Å². The third-order valence-electron chi connectivity index (χ3n) is 3.03. The van der Waals surface area contributed by atoms with Gasteiger partial charge in [0.2, 0.25) is 0 Å². The third kappa shape index (κ3) is 5.07. The number of nitrogens with zero attached hydrogens (tertiary/aromatic N) is 1. The molecule has 0 N–H and O–H groups in total. The van der Waals surface area contributed by atoms with Gasteiger partial charge in [-0.25, -0.2) is 0 Å². The molecule has 17 heavy (non-hydrogen) atoms. The van der Waals surface area contributed by atoms with Crippen LogP contribution in [0.4, 0.5) is 0 Å². The minimum Gasteiger partial charge on any atom is -0.459 e. The zero-order valence-corrected chi connectivity index (χ0v) is 12.0. The topological polar surface area (TPSA) is 29.5 Å². The molecular formula is C14H27NO2. The van der Waals surface area contributed by atoms with Gasteiger partial charge in [-0.3, -0.25) is 9.69 Å². The van der Waals surface area contributed by atoms with E-state index in [9.17, 15) is 4.79 Å². The number of carbonyl (C=O) groups excluding carboxylic acids is 1. The summed E-state index contributed by atoms with van der Waals surface area (Å²) in [5, 5.41) is 0. The highest BCUT2D eigenvalue weighted by Gasteiger charge is 2.36. The van der Waals surface area contributed by atoms with Crippen LogP contribution in [-0.2, 0) is 9.53 Å². The first-order chi connectivity index (χ1) is 7.85. The Morgan fingerprint density at radius 1 is 1.41 bits per heavy atom. The first-order valence-corrected chi connectivity index (χ1v) is 6.83. The molecule has 0 aromatic carbocycles. The summed E-state index contributed by atoms with van der Waals surface area (Å²) >= 11 is 0. The van der Waals surface area contributed by atoms with Crippen molar-refractivity contribution in [3.8, 4) is 0 Å². The van der Waals surface area contributed by atoms with E-state index >= 15 is 0 Å². The largest absolute Gasteiger partial charge is 0.459 e. The van der Waals surface area contributed by atoms with E-state index in [4.69, 9.17) is 4.74 Å². The van der Waals surface area contributed by atoms with Crippen molar-refractivity contribution in [3.63, 3.8) is 0 Å². The van der Waals surface area contributed by atoms with Crippen LogP contribution in [0.15, 0.2) is 0 Å². The van der Waals surface area contributed by atoms with Crippen LogP contribution in [0.5, 0.6) is 0 Å². The lowest BCUT2D eigenvalue weighted by molar-refractivity contribution is -0.161. The van der Waals surface area contributed by atoms with Crippen molar-refractivity contribution in [3.05, 3.63) is 0 Å². The SMILES string of the molecule is CCCCN(C1CC1)C(C)C(=O)OC(C)(C)C. The Kier molecular flexibility index (Phi) is 4.99. The Morgan fingerprint density at radius 2 is 2.00 bits per heavy atom. The van der Waals surface area contributed by atoms with Gasteiger partial charge in [0.05, 0.1) is 0 Å². The number of carbonyl (C=O) groups is 1. The standard InChI is InChI=1S/C14H27NO2/c1-6-7-10-15(12-8-9-12)11(2)13(16)17-14(3,4)5/h11-12H,6-10H2,1-5H3. The third-order valence-corrected chi connectivity index (χ3v) is 3.03. The molecule has 100 valence electrons. The number of esters is 1. The molecule has 0 radical (unpaired) electrons. The fourth-order valence-electron chi connectivity index (χ4n) is 1.96. The zero-order valence-electron chi connectivity index (χ0n) is 12.0. The second kappa shape index (κ2) is 5.85. The molecule has 1 fully saturated rings. The van der Waals surface area contributed by atoms with Crippen LogP contribution in [0, 0.1) is 0 Å². The van der Waals surface area contributed by atoms with Crippen molar-refractivity contribution in [2.45, 2.75) is 78.0 Å². The summed E-state index contributed by atoms with van der Waals surface area (Å²) in [7, 11) is 0. The van der Waals surface area contributed by atoms with Crippen molar-refractivity contribution in [1.82, 2.24) is 4.90 Å². The van der Waals surface area contributed by atoms with E-state index in [1.54, 1.807) is 0 Å². The Morgan fingerprint density at radius 3 is 2.41 bits per heavy atom. The molecule has 0 aromatic rings. The smallest absolute Gasteiger partial charge is 0.323 e. The molecule has 1 aliphatic carbocycles. The monoisotopic (exact) mass is 241 g/mol. The van der Waals surface area contributed by atoms with Crippen LogP contribution in [0.1, 0.15) is 60.3 Å². The minimum atomic E-state index is -0.384. The molecule has 1 aliphatic rings. The fourth-order valence-corrected chi connectivity index (χ4v) is 1.96. The van der Waals surface area contributed by atoms with E-state index in [0.29, 0.717) is 6.04 Å². The van der Waals surface area contributed by atoms with Gasteiger partial charge in [-0.15, -0.1) is 0 Å². The highest BCUT2D eigenvalue weighted by Crippen LogP contribution is 2.29. The van der Waals surface area contributed by atoms with Crippen LogP contribution < -0.4 is 0 Å². The van der Waals surface area contributed by atoms with Crippen LogP contribution >= 0.6 is 0 Å². The van der Waals surface area contributed by atoms with Crippen LogP contribution in [0.25, 0.3) is 0 Å². The highest BCUT2D eigenvalue weighted by molar-refractivity contribution is 5.75. The minimum absolute atomic E-state index is 0.0829. The summed E-state index contributed by atoms with van der Waals surface area (Å²) in [4.78, 5) is 14.3. The second-order valence-corrected chi connectivity index (χ2v) is 6.03. The first kappa shape index (κ1) is 14.5. The van der Waals surface area contributed by atoms with Crippen molar-refractivity contribution >= 4 is 5.97 Å². The molecule has 1 unspecified atom stereocenters. The molecule has 1 rings (SSSR count). The molecule has 0 heterocycles. The first-order valence-electron chi connectivity index (χ1n) is 6.83. The molecule has 1 saturated carbocycles. The molecule has 0 amide bonds. The molecule has 0 aliphatic heterocycles. The number of rotatable bonds is 6. The lowest BCUT2D eigenvalue weighted by atomic mass is 10.2. The van der Waals surface area contributed by atoms with Gasteiger partial charge in [0.15, 0.2) is 0 Å². The van der Waals surface area contributed by atoms with Gasteiger partial charge in [0, 0.05) is 6.04 Å². The zero-order chi connectivity index (χ0) is 13.1. The van der Waals surface area contributed by atoms with E-state index < -0.39 is 0 Å². The van der Waals surface area contributed by atoms with Crippen LogP contribution in [0.2, 0.25) is 0 Å².